The molecule has 0 bridgehead atoms. The molecule has 2 N–H and O–H groups in total. The number of nitrogens with one attached hydrogen (secondary N) is 1. The Morgan fingerprint density at radius 1 is 1.15 bits per heavy atom. The van der Waals surface area contributed by atoms with E-state index in [9.17, 15) is 5.11 Å². The van der Waals surface area contributed by atoms with Crippen LogP contribution < -0.4 is 5.32 Å². The minimum absolute atomic E-state index is 0.462. The summed E-state index contributed by atoms with van der Waals surface area (Å²) in [7, 11) is 1.92. The summed E-state index contributed by atoms with van der Waals surface area (Å²) >= 11 is 0. The normalized spacial score (nSPS) is 15.7. The largest absolute Gasteiger partial charge is 0.390 e. The van der Waals surface area contributed by atoms with Crippen LogP contribution in [0.5, 0.6) is 0 Å². The highest BCUT2D eigenvalue weighted by atomic mass is 16.3. The van der Waals surface area contributed by atoms with Crippen LogP contribution in [0.4, 0.5) is 0 Å². The predicted molar refractivity (Wildman–Crippen MR) is 57.9 cm³/mol. The Morgan fingerprint density at radius 3 is 2.38 bits per heavy atom. The first kappa shape index (κ1) is 12.9. The zero-order valence-electron chi connectivity index (χ0n) is 9.40. The van der Waals surface area contributed by atoms with Gasteiger partial charge in [0.1, 0.15) is 0 Å². The molecule has 0 aliphatic rings. The van der Waals surface area contributed by atoms with Gasteiger partial charge in [-0.15, -0.1) is 0 Å². The second kappa shape index (κ2) is 7.34. The van der Waals surface area contributed by atoms with Crippen LogP contribution in [0.2, 0.25) is 0 Å². The molecule has 0 radical (unpaired) electrons. The second-order valence-electron chi connectivity index (χ2n) is 4.16. The molecule has 0 aromatic carbocycles. The number of unbranched alkanes of at least 4 members (excludes halogenated alkanes) is 3. The minimum atomic E-state index is -0.462. The van der Waals surface area contributed by atoms with E-state index >= 15 is 0 Å². The third-order valence-electron chi connectivity index (χ3n) is 2.48. The summed E-state index contributed by atoms with van der Waals surface area (Å²) in [4.78, 5) is 0. The molecule has 1 atom stereocenters. The van der Waals surface area contributed by atoms with Crippen LogP contribution in [0.1, 0.15) is 52.4 Å². The van der Waals surface area contributed by atoms with Gasteiger partial charge in [-0.05, 0) is 33.4 Å². The van der Waals surface area contributed by atoms with Crippen molar-refractivity contribution >= 4 is 0 Å². The topological polar surface area (TPSA) is 32.3 Å². The first-order valence-electron chi connectivity index (χ1n) is 5.49. The second-order valence-corrected chi connectivity index (χ2v) is 4.16. The van der Waals surface area contributed by atoms with Gasteiger partial charge in [0.25, 0.3) is 0 Å². The molecular weight excluding hydrogens is 162 g/mol. The highest BCUT2D eigenvalue weighted by Crippen LogP contribution is 2.18. The lowest BCUT2D eigenvalue weighted by atomic mass is 9.94. The van der Waals surface area contributed by atoms with Crippen LogP contribution >= 0.6 is 0 Å². The molecule has 2 heteroatoms. The smallest absolute Gasteiger partial charge is 0.0631 e. The van der Waals surface area contributed by atoms with Crippen molar-refractivity contribution < 1.29 is 5.11 Å². The molecule has 0 saturated heterocycles. The van der Waals surface area contributed by atoms with Gasteiger partial charge in [0.15, 0.2) is 0 Å². The number of hydrogen-bond donors (Lipinski definition) is 2. The fraction of sp³-hybridized carbons (Fsp3) is 1.00. The van der Waals surface area contributed by atoms with Crippen molar-refractivity contribution in [1.82, 2.24) is 5.32 Å². The van der Waals surface area contributed by atoms with Gasteiger partial charge in [0, 0.05) is 0 Å². The van der Waals surface area contributed by atoms with Crippen LogP contribution in [0.3, 0.4) is 0 Å². The van der Waals surface area contributed by atoms with Crippen LogP contribution in [0.15, 0.2) is 0 Å². The first-order chi connectivity index (χ1) is 6.12. The Labute approximate surface area is 82.7 Å². The molecule has 2 nitrogen and oxygen atoms in total. The molecule has 0 aliphatic heterocycles. The van der Waals surface area contributed by atoms with Crippen molar-refractivity contribution in [2.24, 2.45) is 0 Å². The van der Waals surface area contributed by atoms with Crippen LogP contribution in [0, 0.1) is 0 Å². The maximum absolute atomic E-state index is 9.90. The molecule has 0 amide bonds. The van der Waals surface area contributed by atoms with Gasteiger partial charge >= 0.3 is 0 Å². The van der Waals surface area contributed by atoms with Gasteiger partial charge in [0.2, 0.25) is 0 Å². The van der Waals surface area contributed by atoms with E-state index in [1.54, 1.807) is 0 Å². The van der Waals surface area contributed by atoms with E-state index < -0.39 is 5.60 Å². The maximum Gasteiger partial charge on any atom is 0.0631 e. The van der Waals surface area contributed by atoms with E-state index in [4.69, 9.17) is 0 Å². The highest BCUT2D eigenvalue weighted by molar-refractivity contribution is 4.72. The third kappa shape index (κ3) is 8.26. The molecule has 0 heterocycles. The monoisotopic (exact) mass is 187 g/mol. The Bertz CT molecular complexity index is 113. The molecule has 80 valence electrons. The minimum Gasteiger partial charge on any atom is -0.390 e. The van der Waals surface area contributed by atoms with E-state index in [1.807, 2.05) is 14.0 Å². The SMILES string of the molecule is CCCCCCC(C)(O)CCNC. The van der Waals surface area contributed by atoms with Crippen LogP contribution in [-0.2, 0) is 0 Å². The summed E-state index contributed by atoms with van der Waals surface area (Å²) in [5.74, 6) is 0. The summed E-state index contributed by atoms with van der Waals surface area (Å²) in [6.45, 7) is 5.05. The lowest BCUT2D eigenvalue weighted by Crippen LogP contribution is -2.28. The zero-order valence-corrected chi connectivity index (χ0v) is 9.40. The van der Waals surface area contributed by atoms with Crippen LogP contribution in [0.25, 0.3) is 0 Å². The molecular formula is C11H25NO. The summed E-state index contributed by atoms with van der Waals surface area (Å²) in [5, 5.41) is 13.0. The van der Waals surface area contributed by atoms with Crippen molar-refractivity contribution in [1.29, 1.82) is 0 Å². The Kier molecular flexibility index (Phi) is 7.29. The van der Waals surface area contributed by atoms with E-state index in [2.05, 4.69) is 12.2 Å². The molecule has 0 aliphatic carbocycles. The average Bonchev–Trinajstić information content (AvgIpc) is 2.09. The van der Waals surface area contributed by atoms with E-state index in [0.29, 0.717) is 0 Å². The van der Waals surface area contributed by atoms with Gasteiger partial charge in [-0.3, -0.25) is 0 Å². The molecule has 0 fully saturated rings. The summed E-state index contributed by atoms with van der Waals surface area (Å²) in [6, 6.07) is 0. The molecule has 0 spiro atoms. The van der Waals surface area contributed by atoms with Crippen molar-refractivity contribution in [2.45, 2.75) is 58.0 Å². The molecule has 1 unspecified atom stereocenters. The van der Waals surface area contributed by atoms with Crippen molar-refractivity contribution in [3.8, 4) is 0 Å². The highest BCUT2D eigenvalue weighted by Gasteiger charge is 2.18. The van der Waals surface area contributed by atoms with Gasteiger partial charge in [-0.25, -0.2) is 0 Å². The zero-order chi connectivity index (χ0) is 10.2. The Morgan fingerprint density at radius 2 is 1.85 bits per heavy atom. The van der Waals surface area contributed by atoms with Gasteiger partial charge in [-0.1, -0.05) is 32.6 Å². The van der Waals surface area contributed by atoms with Crippen molar-refractivity contribution in [3.63, 3.8) is 0 Å². The van der Waals surface area contributed by atoms with Gasteiger partial charge < -0.3 is 10.4 Å². The molecule has 0 aromatic heterocycles. The predicted octanol–water partition coefficient (Wildman–Crippen LogP) is 2.32. The average molecular weight is 187 g/mol. The van der Waals surface area contributed by atoms with Gasteiger partial charge in [-0.2, -0.15) is 0 Å². The van der Waals surface area contributed by atoms with Gasteiger partial charge in [0.05, 0.1) is 5.60 Å². The molecule has 0 aromatic rings. The molecule has 13 heavy (non-hydrogen) atoms. The first-order valence-corrected chi connectivity index (χ1v) is 5.49. The standard InChI is InChI=1S/C11H25NO/c1-4-5-6-7-8-11(2,13)9-10-12-3/h12-13H,4-10H2,1-3H3. The van der Waals surface area contributed by atoms with Crippen LogP contribution in [-0.4, -0.2) is 24.3 Å². The number of rotatable bonds is 8. The summed E-state index contributed by atoms with van der Waals surface area (Å²) in [5.41, 5.74) is -0.462. The Hall–Kier alpha value is -0.0800. The lowest BCUT2D eigenvalue weighted by Gasteiger charge is -2.22. The molecule has 0 rings (SSSR count). The molecule has 0 saturated carbocycles. The quantitative estimate of drug-likeness (QED) is 0.572. The fourth-order valence-corrected chi connectivity index (χ4v) is 1.45. The third-order valence-corrected chi connectivity index (χ3v) is 2.48. The van der Waals surface area contributed by atoms with E-state index in [0.717, 1.165) is 25.8 Å². The van der Waals surface area contributed by atoms with E-state index in [1.165, 1.54) is 19.3 Å². The number of aliphatic hydroxyl groups is 1. The maximum atomic E-state index is 9.90. The van der Waals surface area contributed by atoms with E-state index in [-0.39, 0.29) is 0 Å². The number of hydrogen-bond acceptors (Lipinski definition) is 2. The van der Waals surface area contributed by atoms with Crippen molar-refractivity contribution in [2.75, 3.05) is 13.6 Å². The fourth-order valence-electron chi connectivity index (χ4n) is 1.45. The van der Waals surface area contributed by atoms with Crippen molar-refractivity contribution in [3.05, 3.63) is 0 Å². The summed E-state index contributed by atoms with van der Waals surface area (Å²) in [6.07, 6.45) is 6.77. The summed E-state index contributed by atoms with van der Waals surface area (Å²) < 4.78 is 0. The Balaban J connectivity index is 3.39. The lowest BCUT2D eigenvalue weighted by molar-refractivity contribution is 0.0401.